The second-order valence-corrected chi connectivity index (χ2v) is 13.9. The molecule has 3 N–H and O–H groups in total. The fourth-order valence-electron chi connectivity index (χ4n) is 9.98. The first-order valence-corrected chi connectivity index (χ1v) is 15.3. The zero-order valence-electron chi connectivity index (χ0n) is 24.3. The summed E-state index contributed by atoms with van der Waals surface area (Å²) in [4.78, 5) is 29.8. The molecule has 1 unspecified atom stereocenters. The first-order chi connectivity index (χ1) is 20.0. The topological polar surface area (TPSA) is 126 Å². The lowest BCUT2D eigenvalue weighted by molar-refractivity contribution is -0.458. The van der Waals surface area contributed by atoms with Gasteiger partial charge >= 0.3 is 5.97 Å². The molecular formula is C33H41NO8. The van der Waals surface area contributed by atoms with E-state index in [1.54, 1.807) is 6.08 Å². The average Bonchev–Trinajstić information content (AvgIpc) is 3.09. The third kappa shape index (κ3) is 3.48. The Hall–Kier alpha value is -2.56. The Morgan fingerprint density at radius 1 is 1.12 bits per heavy atom. The molecule has 7 fully saturated rings. The summed E-state index contributed by atoms with van der Waals surface area (Å²) in [6.07, 6.45) is 1.91. The lowest BCUT2D eigenvalue weighted by Gasteiger charge is -2.74. The first-order valence-electron chi connectivity index (χ1n) is 15.3. The van der Waals surface area contributed by atoms with Crippen molar-refractivity contribution in [2.24, 2.45) is 34.0 Å². The van der Waals surface area contributed by atoms with Crippen LogP contribution in [0.3, 0.4) is 0 Å². The number of carbonyl (C=O) groups is 2. The molecular weight excluding hydrogens is 538 g/mol. The molecule has 3 aliphatic heterocycles. The van der Waals surface area contributed by atoms with Gasteiger partial charge in [0.1, 0.15) is 17.6 Å². The van der Waals surface area contributed by atoms with Crippen LogP contribution >= 0.6 is 0 Å². The minimum atomic E-state index is -2.27. The van der Waals surface area contributed by atoms with Gasteiger partial charge in [-0.2, -0.15) is 0 Å². The maximum atomic E-state index is 14.2. The lowest BCUT2D eigenvalue weighted by atomic mass is 9.35. The number of ether oxygens (including phenoxy) is 3. The molecule has 2 spiro atoms. The number of aliphatic hydroxyl groups excluding tert-OH is 2. The number of nitrogens with zero attached hydrogens (tertiary/aromatic N) is 1. The van der Waals surface area contributed by atoms with Crippen molar-refractivity contribution in [3.05, 3.63) is 48.1 Å². The standard InChI is InChI=1S/C33H41NO8/c1-19-22-9-10-23-31-18-41-33(39,28(38)26(31)30(2,3)13-12-24(31)35)32(23,27(19)37)29(22)42-25(36)11-6-20-4-7-21(8-5-20)34-14-16-40-17-15-34/h4-8,11,22-24,26,28-29,35,38-39H,1,9-10,12-18H2,2-3H3/b11-6+/t22-,23?,24-,26+,28-,29+,31+,32-,33+/m0/s1. The predicted molar refractivity (Wildman–Crippen MR) is 153 cm³/mol. The number of esters is 1. The van der Waals surface area contributed by atoms with Crippen LogP contribution in [-0.4, -0.2) is 84.1 Å². The van der Waals surface area contributed by atoms with Crippen LogP contribution in [0.5, 0.6) is 0 Å². The number of fused-ring (bicyclic) bond motifs is 2. The van der Waals surface area contributed by atoms with E-state index in [-0.39, 0.29) is 12.2 Å². The van der Waals surface area contributed by atoms with Gasteiger partial charge in [0.25, 0.3) is 0 Å². The van der Waals surface area contributed by atoms with Crippen LogP contribution in [0.1, 0.15) is 45.1 Å². The number of ketones is 1. The maximum absolute atomic E-state index is 14.2. The maximum Gasteiger partial charge on any atom is 0.331 e. The highest BCUT2D eigenvalue weighted by Gasteiger charge is 2.87. The van der Waals surface area contributed by atoms with Crippen molar-refractivity contribution in [2.75, 3.05) is 37.8 Å². The summed E-state index contributed by atoms with van der Waals surface area (Å²) in [7, 11) is 0. The van der Waals surface area contributed by atoms with Gasteiger partial charge in [0.2, 0.25) is 5.79 Å². The number of hydrogen-bond acceptors (Lipinski definition) is 9. The molecule has 9 heteroatoms. The predicted octanol–water partition coefficient (Wildman–Crippen LogP) is 2.48. The van der Waals surface area contributed by atoms with Crippen LogP contribution in [-0.2, 0) is 23.8 Å². The minimum absolute atomic E-state index is 0.0354. The summed E-state index contributed by atoms with van der Waals surface area (Å²) in [5.41, 5.74) is -0.912. The van der Waals surface area contributed by atoms with Crippen molar-refractivity contribution in [2.45, 2.75) is 63.6 Å². The highest BCUT2D eigenvalue weighted by molar-refractivity contribution is 6.05. The molecule has 0 aromatic heterocycles. The van der Waals surface area contributed by atoms with Crippen LogP contribution in [0.2, 0.25) is 0 Å². The Morgan fingerprint density at radius 2 is 1.83 bits per heavy atom. The lowest BCUT2D eigenvalue weighted by Crippen LogP contribution is -2.85. The fraction of sp³-hybridized carbons (Fsp3) is 0.636. The van der Waals surface area contributed by atoms with Gasteiger partial charge in [0, 0.05) is 42.1 Å². The van der Waals surface area contributed by atoms with E-state index < -0.39 is 69.9 Å². The van der Waals surface area contributed by atoms with Crippen molar-refractivity contribution in [3.63, 3.8) is 0 Å². The first kappa shape index (κ1) is 28.2. The number of rotatable bonds is 4. The van der Waals surface area contributed by atoms with Gasteiger partial charge < -0.3 is 34.4 Å². The second kappa shape index (κ2) is 9.47. The Bertz CT molecular complexity index is 1330. The molecule has 226 valence electrons. The molecule has 9 atom stereocenters. The minimum Gasteiger partial charge on any atom is -0.457 e. The normalized spacial score (nSPS) is 43.8. The molecule has 7 aliphatic rings. The van der Waals surface area contributed by atoms with E-state index >= 15 is 0 Å². The zero-order chi connectivity index (χ0) is 29.7. The molecule has 8 rings (SSSR count). The number of aliphatic hydroxyl groups is 3. The van der Waals surface area contributed by atoms with Crippen molar-refractivity contribution in [1.82, 2.24) is 0 Å². The number of Topliss-reactive ketones (excluding diaryl/α,β-unsaturated/α-hetero) is 1. The van der Waals surface area contributed by atoms with E-state index in [0.29, 0.717) is 38.9 Å². The third-order valence-electron chi connectivity index (χ3n) is 11.8. The van der Waals surface area contributed by atoms with E-state index in [4.69, 9.17) is 14.2 Å². The second-order valence-electron chi connectivity index (χ2n) is 13.9. The molecule has 4 saturated carbocycles. The molecule has 0 amide bonds. The number of morpholine rings is 1. The van der Waals surface area contributed by atoms with Gasteiger partial charge in [-0.05, 0) is 66.4 Å². The van der Waals surface area contributed by atoms with Gasteiger partial charge in [0.15, 0.2) is 5.78 Å². The zero-order valence-corrected chi connectivity index (χ0v) is 24.3. The highest BCUT2D eigenvalue weighted by atomic mass is 16.6. The Labute approximate surface area is 246 Å². The smallest absolute Gasteiger partial charge is 0.331 e. The monoisotopic (exact) mass is 579 g/mol. The molecule has 42 heavy (non-hydrogen) atoms. The average molecular weight is 580 g/mol. The van der Waals surface area contributed by atoms with Gasteiger partial charge in [-0.3, -0.25) is 4.79 Å². The van der Waals surface area contributed by atoms with Gasteiger partial charge in [0.05, 0.1) is 25.9 Å². The summed E-state index contributed by atoms with van der Waals surface area (Å²) in [5.74, 6) is -4.87. The van der Waals surface area contributed by atoms with E-state index in [9.17, 15) is 24.9 Å². The Morgan fingerprint density at radius 3 is 2.55 bits per heavy atom. The summed E-state index contributed by atoms with van der Waals surface area (Å²) < 4.78 is 17.6. The number of hydrogen-bond donors (Lipinski definition) is 3. The molecule has 1 aromatic carbocycles. The SMILES string of the molecule is C=C1C(=O)[C@@]23C(CC[C@@H]1[C@H]2OC(=O)/C=C/c1ccc(N2CCOCC2)cc1)[C@@]12CO[C@]3(O)[C@@H](O)[C@@H]1C(C)(C)CC[C@@H]2O. The van der Waals surface area contributed by atoms with Gasteiger partial charge in [-0.15, -0.1) is 0 Å². The fourth-order valence-corrected chi connectivity index (χ4v) is 9.98. The summed E-state index contributed by atoms with van der Waals surface area (Å²) >= 11 is 0. The van der Waals surface area contributed by atoms with Crippen LogP contribution < -0.4 is 4.90 Å². The Kier molecular flexibility index (Phi) is 6.36. The number of anilines is 1. The Balaban J connectivity index is 1.20. The molecule has 3 heterocycles. The number of benzene rings is 1. The van der Waals surface area contributed by atoms with Gasteiger partial charge in [-0.25, -0.2) is 4.79 Å². The molecule has 4 bridgehead atoms. The van der Waals surface area contributed by atoms with E-state index in [2.05, 4.69) is 11.5 Å². The third-order valence-corrected chi connectivity index (χ3v) is 11.8. The van der Waals surface area contributed by atoms with Crippen LogP contribution in [0.4, 0.5) is 5.69 Å². The summed E-state index contributed by atoms with van der Waals surface area (Å²) in [5, 5.41) is 35.7. The molecule has 0 radical (unpaired) electrons. The molecule has 9 nitrogen and oxygen atoms in total. The van der Waals surface area contributed by atoms with E-state index in [1.807, 2.05) is 38.1 Å². The van der Waals surface area contributed by atoms with Gasteiger partial charge in [-0.1, -0.05) is 32.6 Å². The van der Waals surface area contributed by atoms with Crippen LogP contribution in [0.15, 0.2) is 42.5 Å². The van der Waals surface area contributed by atoms with Crippen molar-refractivity contribution in [3.8, 4) is 0 Å². The molecule has 1 aromatic rings. The van der Waals surface area contributed by atoms with Crippen LogP contribution in [0.25, 0.3) is 6.08 Å². The largest absolute Gasteiger partial charge is 0.457 e. The van der Waals surface area contributed by atoms with Crippen molar-refractivity contribution >= 4 is 23.5 Å². The highest BCUT2D eigenvalue weighted by Crippen LogP contribution is 2.76. The van der Waals surface area contributed by atoms with E-state index in [1.165, 1.54) is 6.08 Å². The summed E-state index contributed by atoms with van der Waals surface area (Å²) in [6.45, 7) is 11.2. The number of carbonyl (C=O) groups excluding carboxylic acids is 2. The van der Waals surface area contributed by atoms with E-state index in [0.717, 1.165) is 24.3 Å². The van der Waals surface area contributed by atoms with Crippen LogP contribution in [0, 0.1) is 34.0 Å². The van der Waals surface area contributed by atoms with Crippen molar-refractivity contribution in [1.29, 1.82) is 0 Å². The molecule has 4 aliphatic carbocycles. The summed E-state index contributed by atoms with van der Waals surface area (Å²) in [6, 6.07) is 7.86. The quantitative estimate of drug-likeness (QED) is 0.364. The van der Waals surface area contributed by atoms with Crippen molar-refractivity contribution < 1.29 is 39.1 Å². The molecule has 3 saturated heterocycles.